The van der Waals surface area contributed by atoms with Gasteiger partial charge in [0, 0.05) is 29.7 Å². The number of rotatable bonds is 0. The van der Waals surface area contributed by atoms with Crippen LogP contribution >= 0.6 is 0 Å². The van der Waals surface area contributed by atoms with Gasteiger partial charge in [-0.05, 0) is 38.1 Å². The molecule has 0 aliphatic carbocycles. The summed E-state index contributed by atoms with van der Waals surface area (Å²) >= 11 is 0. The van der Waals surface area contributed by atoms with Crippen molar-refractivity contribution >= 4 is 25.9 Å². The van der Waals surface area contributed by atoms with Gasteiger partial charge in [-0.3, -0.25) is 9.97 Å². The number of ether oxygens (including phenoxy) is 2. The number of nitrogens with one attached hydrogen (secondary N) is 2. The summed E-state index contributed by atoms with van der Waals surface area (Å²) < 4.78 is 25.6. The normalized spacial score (nSPS) is 22.9. The molecule has 0 bridgehead atoms. The topological polar surface area (TPSA) is 109 Å². The molecule has 4 heterocycles. The minimum atomic E-state index is -0.335. The zero-order valence-electron chi connectivity index (χ0n) is 21.6. The van der Waals surface area contributed by atoms with Crippen LogP contribution in [0.4, 0.5) is 0 Å². The fourth-order valence-electron chi connectivity index (χ4n) is 3.02. The Kier molecular flexibility index (Phi) is 9.96. The SMILES string of the molecule is CB=N.CB=N.[2H]c1ccc2c(n1)[C@@H](C)[C@@H](C)OC2=O.[2H]c1ccc2c(n1)[C@H](C)[C@H](C)OC2=C. The molecule has 0 saturated carbocycles. The maximum atomic E-state index is 11.4. The van der Waals surface area contributed by atoms with Crippen molar-refractivity contribution in [2.75, 3.05) is 0 Å². The van der Waals surface area contributed by atoms with Crippen molar-refractivity contribution in [1.29, 1.82) is 10.6 Å². The second-order valence-electron chi connectivity index (χ2n) is 7.26. The molecule has 7 nitrogen and oxygen atoms in total. The molecule has 2 aromatic rings. The zero-order chi connectivity index (χ0) is 26.0. The predicted octanol–water partition coefficient (Wildman–Crippen LogP) is 5.32. The van der Waals surface area contributed by atoms with E-state index in [2.05, 4.69) is 23.5 Å². The number of hydrogen-bond donors (Lipinski definition) is 2. The van der Waals surface area contributed by atoms with Gasteiger partial charge < -0.3 is 9.47 Å². The number of aromatic nitrogens is 2. The summed E-state index contributed by atoms with van der Waals surface area (Å²) in [5.41, 5.74) is 3.04. The predicted molar refractivity (Wildman–Crippen MR) is 128 cm³/mol. The van der Waals surface area contributed by atoms with Crippen LogP contribution < -0.4 is 0 Å². The molecule has 0 amide bonds. The van der Waals surface area contributed by atoms with Gasteiger partial charge in [0.25, 0.3) is 0 Å². The molecule has 9 heteroatoms. The number of carbonyl (C=O) groups excluding carboxylic acids is 1. The van der Waals surface area contributed by atoms with Crippen LogP contribution in [0.15, 0.2) is 43.2 Å². The first kappa shape index (κ1) is 23.7. The first-order chi connectivity index (χ1) is 16.0. The molecule has 4 atom stereocenters. The van der Waals surface area contributed by atoms with Gasteiger partial charge in [0.1, 0.15) is 18.0 Å². The molecule has 2 aromatic heterocycles. The summed E-state index contributed by atoms with van der Waals surface area (Å²) in [6, 6.07) is 6.63. The molecule has 4 rings (SSSR count). The molecular weight excluding hydrogens is 402 g/mol. The summed E-state index contributed by atoms with van der Waals surface area (Å²) in [6.07, 6.45) is 0.420. The molecule has 0 fully saturated rings. The van der Waals surface area contributed by atoms with Gasteiger partial charge in [0.2, 0.25) is 0 Å². The van der Waals surface area contributed by atoms with Gasteiger partial charge in [-0.2, -0.15) is 0 Å². The Hall–Kier alpha value is -2.96. The Morgan fingerprint density at radius 2 is 1.31 bits per heavy atom. The van der Waals surface area contributed by atoms with Gasteiger partial charge in [-0.25, -0.2) is 4.79 Å². The molecule has 0 saturated heterocycles. The molecule has 2 aliphatic heterocycles. The van der Waals surface area contributed by atoms with E-state index < -0.39 is 0 Å². The van der Waals surface area contributed by atoms with E-state index in [9.17, 15) is 4.79 Å². The van der Waals surface area contributed by atoms with Gasteiger partial charge in [-0.1, -0.05) is 20.4 Å². The molecule has 2 aliphatic rings. The molecule has 2 N–H and O–H groups in total. The van der Waals surface area contributed by atoms with Gasteiger partial charge in [-0.15, -0.1) is 0 Å². The summed E-state index contributed by atoms with van der Waals surface area (Å²) in [5.74, 6) is 0.616. The smallest absolute Gasteiger partial charge is 0.340 e. The number of cyclic esters (lactones) is 1. The molecule has 168 valence electrons. The van der Waals surface area contributed by atoms with Crippen molar-refractivity contribution in [1.82, 2.24) is 9.97 Å². The Morgan fingerprint density at radius 3 is 1.81 bits per heavy atom. The number of carbonyl (C=O) groups is 1. The Balaban J connectivity index is 0.000000277. The average Bonchev–Trinajstić information content (AvgIpc) is 2.77. The summed E-state index contributed by atoms with van der Waals surface area (Å²) in [5, 5.41) is 12.2. The van der Waals surface area contributed by atoms with Crippen LogP contribution in [0.2, 0.25) is 13.6 Å². The fraction of sp³-hybridized carbons (Fsp3) is 0.435. The monoisotopic (exact) mass is 436 g/mol. The number of fused-ring (bicyclic) bond motifs is 2. The van der Waals surface area contributed by atoms with E-state index in [0.29, 0.717) is 23.2 Å². The number of hydrogen-bond acceptors (Lipinski definition) is 7. The Morgan fingerprint density at radius 1 is 0.906 bits per heavy atom. The van der Waals surface area contributed by atoms with Crippen molar-refractivity contribution < 1.29 is 17.0 Å². The van der Waals surface area contributed by atoms with E-state index in [1.165, 1.54) is 20.2 Å². The van der Waals surface area contributed by atoms with Crippen LogP contribution in [0.3, 0.4) is 0 Å². The van der Waals surface area contributed by atoms with E-state index in [1.54, 1.807) is 25.8 Å². The minimum Gasteiger partial charge on any atom is -0.490 e. The molecule has 32 heavy (non-hydrogen) atoms. The zero-order valence-corrected chi connectivity index (χ0v) is 19.6. The van der Waals surface area contributed by atoms with Crippen LogP contribution in [-0.4, -0.2) is 42.3 Å². The quantitative estimate of drug-likeness (QED) is 0.429. The van der Waals surface area contributed by atoms with Gasteiger partial charge >= 0.3 is 44.4 Å². The van der Waals surface area contributed by atoms with Crippen LogP contribution in [0.25, 0.3) is 5.76 Å². The summed E-state index contributed by atoms with van der Waals surface area (Å²) in [6.45, 7) is 15.0. The maximum Gasteiger partial charge on any atom is 0.340 e. The second-order valence-corrected chi connectivity index (χ2v) is 7.26. The van der Waals surface area contributed by atoms with Gasteiger partial charge in [0.05, 0.1) is 19.7 Å². The van der Waals surface area contributed by atoms with E-state index in [0.717, 1.165) is 11.3 Å². The third-order valence-corrected chi connectivity index (χ3v) is 4.98. The first-order valence-corrected chi connectivity index (χ1v) is 10.4. The number of nitrogens with zero attached hydrogens (tertiary/aromatic N) is 2. The van der Waals surface area contributed by atoms with E-state index in [-0.39, 0.29) is 36.2 Å². The third-order valence-electron chi connectivity index (χ3n) is 4.98. The van der Waals surface area contributed by atoms with Crippen molar-refractivity contribution in [3.8, 4) is 0 Å². The summed E-state index contributed by atoms with van der Waals surface area (Å²) in [4.78, 5) is 19.7. The fourth-order valence-corrected chi connectivity index (χ4v) is 3.02. The van der Waals surface area contributed by atoms with E-state index >= 15 is 0 Å². The van der Waals surface area contributed by atoms with Crippen molar-refractivity contribution in [2.45, 2.75) is 65.4 Å². The second kappa shape index (κ2) is 13.5. The standard InChI is InChI=1S/C11H13NO.C10H11NO2.2CH4BN/c1-7-8(2)13-9(3)10-5-4-6-12-11(7)10;1-6-7(2)13-10(12)8-4-3-5-11-9(6)8;2*1-2-3/h4-8H,3H2,1-2H3;3-7H,1-2H3;2*3H,1H3/t7-,8+;6-,7+;;/m10../s1/i6D;5D;;. The van der Waals surface area contributed by atoms with Gasteiger partial charge in [0.15, 0.2) is 0 Å². The molecule has 0 unspecified atom stereocenters. The van der Waals surface area contributed by atoms with Crippen molar-refractivity contribution in [2.24, 2.45) is 0 Å². The summed E-state index contributed by atoms with van der Waals surface area (Å²) in [7, 11) is 2.50. The number of esters is 1. The van der Waals surface area contributed by atoms with Crippen LogP contribution in [-0.2, 0) is 9.47 Å². The van der Waals surface area contributed by atoms with E-state index in [1.807, 2.05) is 26.8 Å². The molecular formula is C23H32B2N4O3. The van der Waals surface area contributed by atoms with Crippen molar-refractivity contribution in [3.63, 3.8) is 0 Å². The molecule has 0 radical (unpaired) electrons. The number of pyridine rings is 2. The Labute approximate surface area is 195 Å². The molecule has 0 aromatic carbocycles. The van der Waals surface area contributed by atoms with Crippen LogP contribution in [0.5, 0.6) is 0 Å². The Bertz CT molecular complexity index is 958. The maximum absolute atomic E-state index is 11.4. The van der Waals surface area contributed by atoms with E-state index in [4.69, 9.17) is 22.8 Å². The minimum absolute atomic E-state index is 0.0630. The average molecular weight is 436 g/mol. The van der Waals surface area contributed by atoms with Crippen LogP contribution in [0.1, 0.15) is 69.6 Å². The largest absolute Gasteiger partial charge is 0.490 e. The first-order valence-electron chi connectivity index (χ1n) is 11.4. The molecule has 0 spiro atoms. The third kappa shape index (κ3) is 7.04. The van der Waals surface area contributed by atoms with Crippen molar-refractivity contribution in [3.05, 3.63) is 65.7 Å². The van der Waals surface area contributed by atoms with Crippen LogP contribution in [0, 0.1) is 10.6 Å².